The molecule has 0 spiro atoms. The molecule has 0 radical (unpaired) electrons. The molecule has 0 saturated heterocycles. The molecule has 0 N–H and O–H groups in total. The van der Waals surface area contributed by atoms with E-state index in [9.17, 15) is 4.79 Å². The lowest BCUT2D eigenvalue weighted by atomic mass is 9.85. The first-order valence-electron chi connectivity index (χ1n) is 8.06. The van der Waals surface area contributed by atoms with Crippen LogP contribution in [0.4, 0.5) is 0 Å². The van der Waals surface area contributed by atoms with Gasteiger partial charge in [-0.15, -0.1) is 5.10 Å². The van der Waals surface area contributed by atoms with Crippen LogP contribution in [0.5, 0.6) is 0 Å². The minimum atomic E-state index is 0.128. The number of hydrogen-bond donors (Lipinski definition) is 0. The Balaban J connectivity index is 1.62. The second-order valence-corrected chi connectivity index (χ2v) is 6.00. The lowest BCUT2D eigenvalue weighted by Gasteiger charge is -2.21. The third-order valence-corrected chi connectivity index (χ3v) is 4.32. The van der Waals surface area contributed by atoms with Crippen molar-refractivity contribution >= 4 is 11.5 Å². The summed E-state index contributed by atoms with van der Waals surface area (Å²) in [6.07, 6.45) is 4.72. The minimum absolute atomic E-state index is 0.128. The van der Waals surface area contributed by atoms with Gasteiger partial charge in [0.1, 0.15) is 5.69 Å². The van der Waals surface area contributed by atoms with E-state index in [0.29, 0.717) is 6.42 Å². The highest BCUT2D eigenvalue weighted by atomic mass is 16.1. The molecule has 0 aliphatic heterocycles. The Kier molecular flexibility index (Phi) is 3.79. The van der Waals surface area contributed by atoms with Gasteiger partial charge in [0.15, 0.2) is 5.78 Å². The van der Waals surface area contributed by atoms with Crippen LogP contribution < -0.4 is 0 Å². The van der Waals surface area contributed by atoms with Crippen LogP contribution in [-0.2, 0) is 4.79 Å². The zero-order valence-electron chi connectivity index (χ0n) is 13.2. The summed E-state index contributed by atoms with van der Waals surface area (Å²) in [5.74, 6) is 0.313. The number of rotatable bonds is 3. The number of allylic oxidation sites excluding steroid dienone is 2. The molecule has 118 valence electrons. The normalized spacial score (nSPS) is 17.6. The maximum Gasteiger partial charge on any atom is 0.158 e. The van der Waals surface area contributed by atoms with E-state index in [1.54, 1.807) is 17.1 Å². The number of nitrogens with zero attached hydrogens (tertiary/aromatic N) is 3. The van der Waals surface area contributed by atoms with Gasteiger partial charge in [-0.3, -0.25) is 4.79 Å². The Labute approximate surface area is 140 Å². The average molecular weight is 315 g/mol. The Morgan fingerprint density at radius 3 is 2.38 bits per heavy atom. The minimum Gasteiger partial charge on any atom is -0.295 e. The summed E-state index contributed by atoms with van der Waals surface area (Å²) in [4.78, 5) is 13.8. The molecular weight excluding hydrogens is 298 g/mol. The Morgan fingerprint density at radius 1 is 0.917 bits per heavy atom. The largest absolute Gasteiger partial charge is 0.295 e. The maximum absolute atomic E-state index is 12.2. The average Bonchev–Trinajstić information content (AvgIpc) is 3.13. The monoisotopic (exact) mass is 315 g/mol. The van der Waals surface area contributed by atoms with Crippen LogP contribution in [-0.4, -0.2) is 20.8 Å². The Hall–Kier alpha value is -3.01. The van der Waals surface area contributed by atoms with Crippen LogP contribution in [0.2, 0.25) is 0 Å². The molecule has 24 heavy (non-hydrogen) atoms. The van der Waals surface area contributed by atoms with Gasteiger partial charge < -0.3 is 0 Å². The molecule has 1 heterocycles. The van der Waals surface area contributed by atoms with Crippen molar-refractivity contribution in [2.24, 2.45) is 0 Å². The zero-order chi connectivity index (χ0) is 16.4. The van der Waals surface area contributed by atoms with Crippen LogP contribution >= 0.6 is 0 Å². The Bertz CT molecular complexity index is 882. The standard InChI is InChI=1S/C20H17N3O/c24-19-12-17(15-7-3-1-4-8-15)11-18(13-19)23-21-14-20(22-23)16-9-5-2-6-10-16/h1-10,13-14,17H,11-12H2. The van der Waals surface area contributed by atoms with E-state index in [0.717, 1.165) is 23.4 Å². The molecule has 0 bridgehead atoms. The molecule has 0 amide bonds. The van der Waals surface area contributed by atoms with E-state index < -0.39 is 0 Å². The van der Waals surface area contributed by atoms with Gasteiger partial charge in [0.05, 0.1) is 11.9 Å². The molecule has 1 atom stereocenters. The molecule has 1 aliphatic rings. The van der Waals surface area contributed by atoms with Crippen molar-refractivity contribution in [3.05, 3.63) is 78.5 Å². The fourth-order valence-corrected chi connectivity index (χ4v) is 3.11. The lowest BCUT2D eigenvalue weighted by molar-refractivity contribution is -0.115. The van der Waals surface area contributed by atoms with Gasteiger partial charge in [0, 0.05) is 18.1 Å². The first-order chi connectivity index (χ1) is 11.8. The van der Waals surface area contributed by atoms with Gasteiger partial charge in [-0.1, -0.05) is 60.7 Å². The predicted octanol–water partition coefficient (Wildman–Crippen LogP) is 3.93. The molecule has 1 aromatic heterocycles. The van der Waals surface area contributed by atoms with E-state index in [4.69, 9.17) is 0 Å². The van der Waals surface area contributed by atoms with Crippen LogP contribution in [0.15, 0.2) is 72.9 Å². The topological polar surface area (TPSA) is 47.8 Å². The van der Waals surface area contributed by atoms with Gasteiger partial charge in [-0.25, -0.2) is 0 Å². The molecule has 0 fully saturated rings. The molecular formula is C20H17N3O. The summed E-state index contributed by atoms with van der Waals surface area (Å²) in [6.45, 7) is 0. The van der Waals surface area contributed by atoms with Crippen molar-refractivity contribution < 1.29 is 4.79 Å². The fourth-order valence-electron chi connectivity index (χ4n) is 3.11. The summed E-state index contributed by atoms with van der Waals surface area (Å²) < 4.78 is 0. The van der Waals surface area contributed by atoms with Gasteiger partial charge in [-0.05, 0) is 17.9 Å². The third kappa shape index (κ3) is 2.91. The van der Waals surface area contributed by atoms with Crippen LogP contribution in [0.3, 0.4) is 0 Å². The summed E-state index contributed by atoms with van der Waals surface area (Å²) >= 11 is 0. The van der Waals surface area contributed by atoms with Crippen LogP contribution in [0.25, 0.3) is 17.0 Å². The van der Waals surface area contributed by atoms with Gasteiger partial charge in [0.2, 0.25) is 0 Å². The van der Waals surface area contributed by atoms with Crippen LogP contribution in [0, 0.1) is 0 Å². The maximum atomic E-state index is 12.2. The zero-order valence-corrected chi connectivity index (χ0v) is 13.2. The van der Waals surface area contributed by atoms with Crippen LogP contribution in [0.1, 0.15) is 24.3 Å². The van der Waals surface area contributed by atoms with E-state index in [-0.39, 0.29) is 11.7 Å². The highest BCUT2D eigenvalue weighted by Gasteiger charge is 2.24. The molecule has 1 unspecified atom stereocenters. The second kappa shape index (κ2) is 6.24. The van der Waals surface area contributed by atoms with Crippen molar-refractivity contribution in [3.63, 3.8) is 0 Å². The quantitative estimate of drug-likeness (QED) is 0.735. The van der Waals surface area contributed by atoms with E-state index in [1.165, 1.54) is 5.56 Å². The number of carbonyl (C=O) groups is 1. The molecule has 4 rings (SSSR count). The molecule has 0 saturated carbocycles. The van der Waals surface area contributed by atoms with Gasteiger partial charge in [0.25, 0.3) is 0 Å². The number of benzene rings is 2. The molecule has 2 aromatic carbocycles. The highest BCUT2D eigenvalue weighted by Crippen LogP contribution is 2.33. The molecule has 4 heteroatoms. The van der Waals surface area contributed by atoms with E-state index in [1.807, 2.05) is 48.5 Å². The number of carbonyl (C=O) groups excluding carboxylic acids is 1. The third-order valence-electron chi connectivity index (χ3n) is 4.32. The van der Waals surface area contributed by atoms with Gasteiger partial charge >= 0.3 is 0 Å². The molecule has 4 nitrogen and oxygen atoms in total. The summed E-state index contributed by atoms with van der Waals surface area (Å²) in [5.41, 5.74) is 3.87. The second-order valence-electron chi connectivity index (χ2n) is 6.00. The first-order valence-corrected chi connectivity index (χ1v) is 8.06. The smallest absolute Gasteiger partial charge is 0.158 e. The van der Waals surface area contributed by atoms with Crippen molar-refractivity contribution in [2.75, 3.05) is 0 Å². The summed E-state index contributed by atoms with van der Waals surface area (Å²) in [5, 5.41) is 8.92. The van der Waals surface area contributed by atoms with E-state index in [2.05, 4.69) is 22.3 Å². The fraction of sp³-hybridized carbons (Fsp3) is 0.150. The van der Waals surface area contributed by atoms with Crippen molar-refractivity contribution in [3.8, 4) is 11.3 Å². The van der Waals surface area contributed by atoms with Crippen molar-refractivity contribution in [2.45, 2.75) is 18.8 Å². The predicted molar refractivity (Wildman–Crippen MR) is 93.2 cm³/mol. The number of hydrogen-bond acceptors (Lipinski definition) is 3. The summed E-state index contributed by atoms with van der Waals surface area (Å²) in [7, 11) is 0. The summed E-state index contributed by atoms with van der Waals surface area (Å²) in [6, 6.07) is 20.1. The van der Waals surface area contributed by atoms with E-state index >= 15 is 0 Å². The SMILES string of the molecule is O=C1C=C(n2ncc(-c3ccccc3)n2)CC(c2ccccc2)C1. The molecule has 3 aromatic rings. The number of aromatic nitrogens is 3. The molecule has 1 aliphatic carbocycles. The Morgan fingerprint density at radius 2 is 1.62 bits per heavy atom. The van der Waals surface area contributed by atoms with Crippen molar-refractivity contribution in [1.82, 2.24) is 15.0 Å². The van der Waals surface area contributed by atoms with Crippen molar-refractivity contribution in [1.29, 1.82) is 0 Å². The highest BCUT2D eigenvalue weighted by molar-refractivity contribution is 5.96. The lowest BCUT2D eigenvalue weighted by Crippen LogP contribution is -2.16. The van der Waals surface area contributed by atoms with Gasteiger partial charge in [-0.2, -0.15) is 9.90 Å². The first kappa shape index (κ1) is 14.6. The number of ketones is 1.